The van der Waals surface area contributed by atoms with E-state index in [1.165, 1.54) is 67.6 Å². The minimum atomic E-state index is 0.740. The van der Waals surface area contributed by atoms with Crippen LogP contribution in [0, 0.1) is 5.92 Å². The average molecular weight is 415 g/mol. The Kier molecular flexibility index (Phi) is 10.4. The van der Waals surface area contributed by atoms with E-state index in [1.54, 1.807) is 0 Å². The van der Waals surface area contributed by atoms with Gasteiger partial charge in [0.25, 0.3) is 0 Å². The zero-order valence-corrected chi connectivity index (χ0v) is 18.6. The molecule has 0 radical (unpaired) electrons. The second kappa shape index (κ2) is 13.3. The molecule has 1 aliphatic heterocycles. The number of unbranched alkanes of at least 4 members (excludes halogenated alkanes) is 2. The van der Waals surface area contributed by atoms with Crippen LogP contribution in [0.3, 0.4) is 0 Å². The van der Waals surface area contributed by atoms with E-state index >= 15 is 0 Å². The number of rotatable bonds is 12. The zero-order chi connectivity index (χ0) is 19.3. The quantitative estimate of drug-likeness (QED) is 0.351. The Morgan fingerprint density at radius 3 is 1.89 bits per heavy atom. The first kappa shape index (κ1) is 21.8. The van der Waals surface area contributed by atoms with Crippen molar-refractivity contribution in [1.82, 2.24) is 0 Å². The molecule has 2 aromatic carbocycles. The molecule has 1 nitrogen and oxygen atoms in total. The molecule has 0 bridgehead atoms. The smallest absolute Gasteiger partial charge is 0.0510 e. The third-order valence-corrected chi connectivity index (χ3v) is 8.59. The third-order valence-electron chi connectivity index (χ3n) is 5.23. The molecule has 1 aliphatic rings. The highest BCUT2D eigenvalue weighted by molar-refractivity contribution is 8.17. The minimum Gasteiger partial charge on any atom is -0.381 e. The van der Waals surface area contributed by atoms with Crippen LogP contribution in [0.2, 0.25) is 0 Å². The van der Waals surface area contributed by atoms with Crippen molar-refractivity contribution in [2.75, 3.05) is 24.7 Å². The van der Waals surface area contributed by atoms with E-state index in [0.29, 0.717) is 0 Å². The predicted octanol–water partition coefficient (Wildman–Crippen LogP) is 6.86. The normalized spacial score (nSPS) is 19.6. The Balaban J connectivity index is 1.15. The van der Waals surface area contributed by atoms with Crippen molar-refractivity contribution in [2.24, 2.45) is 5.92 Å². The third kappa shape index (κ3) is 8.63. The monoisotopic (exact) mass is 414 g/mol. The van der Waals surface area contributed by atoms with Crippen LogP contribution in [0.1, 0.15) is 43.2 Å². The molecule has 0 saturated carbocycles. The summed E-state index contributed by atoms with van der Waals surface area (Å²) < 4.78 is 6.77. The number of thioether (sulfide) groups is 2. The SMILES string of the molecule is c1ccc(CCCCOCC2CSC(CCCCc3ccccc3)SC2)cc1. The first-order valence-electron chi connectivity index (χ1n) is 10.8. The van der Waals surface area contributed by atoms with Gasteiger partial charge < -0.3 is 4.74 Å². The van der Waals surface area contributed by atoms with E-state index in [4.69, 9.17) is 4.74 Å². The van der Waals surface area contributed by atoms with E-state index in [-0.39, 0.29) is 0 Å². The molecule has 1 heterocycles. The summed E-state index contributed by atoms with van der Waals surface area (Å²) in [6, 6.07) is 21.7. The maximum atomic E-state index is 5.97. The van der Waals surface area contributed by atoms with Crippen molar-refractivity contribution in [1.29, 1.82) is 0 Å². The summed E-state index contributed by atoms with van der Waals surface area (Å²) in [5, 5.41) is 0. The fraction of sp³-hybridized carbons (Fsp3) is 0.520. The van der Waals surface area contributed by atoms with Crippen LogP contribution in [-0.4, -0.2) is 29.3 Å². The molecule has 1 saturated heterocycles. The van der Waals surface area contributed by atoms with Gasteiger partial charge in [-0.3, -0.25) is 0 Å². The molecule has 0 aliphatic carbocycles. The maximum Gasteiger partial charge on any atom is 0.0510 e. The number of hydrogen-bond donors (Lipinski definition) is 0. The number of ether oxygens (including phenoxy) is 1. The molecule has 0 aromatic heterocycles. The highest BCUT2D eigenvalue weighted by atomic mass is 32.2. The van der Waals surface area contributed by atoms with Gasteiger partial charge in [-0.2, -0.15) is 0 Å². The van der Waals surface area contributed by atoms with Crippen molar-refractivity contribution in [2.45, 2.75) is 49.5 Å². The summed E-state index contributed by atoms with van der Waals surface area (Å²) in [5.74, 6) is 3.30. The van der Waals surface area contributed by atoms with E-state index in [1.807, 2.05) is 0 Å². The zero-order valence-electron chi connectivity index (χ0n) is 16.9. The van der Waals surface area contributed by atoms with Crippen molar-refractivity contribution in [3.63, 3.8) is 0 Å². The van der Waals surface area contributed by atoms with Crippen molar-refractivity contribution in [3.05, 3.63) is 71.8 Å². The van der Waals surface area contributed by atoms with Crippen LogP contribution < -0.4 is 0 Å². The van der Waals surface area contributed by atoms with Crippen LogP contribution in [0.25, 0.3) is 0 Å². The minimum absolute atomic E-state index is 0.740. The topological polar surface area (TPSA) is 9.23 Å². The van der Waals surface area contributed by atoms with E-state index in [9.17, 15) is 0 Å². The second-order valence-electron chi connectivity index (χ2n) is 7.71. The van der Waals surface area contributed by atoms with Gasteiger partial charge in [0.2, 0.25) is 0 Å². The Morgan fingerprint density at radius 1 is 0.714 bits per heavy atom. The largest absolute Gasteiger partial charge is 0.381 e. The Hall–Kier alpha value is -0.900. The van der Waals surface area contributed by atoms with Gasteiger partial charge in [-0.15, -0.1) is 23.5 Å². The van der Waals surface area contributed by atoms with Gasteiger partial charge in [0.1, 0.15) is 0 Å². The highest BCUT2D eigenvalue weighted by Crippen LogP contribution is 2.36. The van der Waals surface area contributed by atoms with Crippen LogP contribution in [0.4, 0.5) is 0 Å². The average Bonchev–Trinajstić information content (AvgIpc) is 2.76. The molecular weight excluding hydrogens is 380 g/mol. The van der Waals surface area contributed by atoms with Crippen LogP contribution >= 0.6 is 23.5 Å². The Bertz CT molecular complexity index is 624. The predicted molar refractivity (Wildman–Crippen MR) is 126 cm³/mol. The second-order valence-corrected chi connectivity index (χ2v) is 10.5. The molecule has 0 amide bonds. The number of aryl methyl sites for hydroxylation is 2. The lowest BCUT2D eigenvalue weighted by Crippen LogP contribution is -2.22. The lowest BCUT2D eigenvalue weighted by atomic mass is 10.1. The lowest BCUT2D eigenvalue weighted by Gasteiger charge is -2.27. The molecule has 0 spiro atoms. The molecule has 0 unspecified atom stereocenters. The van der Waals surface area contributed by atoms with Crippen LogP contribution in [0.15, 0.2) is 60.7 Å². The Morgan fingerprint density at radius 2 is 1.29 bits per heavy atom. The summed E-state index contributed by atoms with van der Waals surface area (Å²) in [5.41, 5.74) is 2.92. The van der Waals surface area contributed by atoms with E-state index < -0.39 is 0 Å². The van der Waals surface area contributed by atoms with Crippen molar-refractivity contribution < 1.29 is 4.74 Å². The van der Waals surface area contributed by atoms with Gasteiger partial charge in [0, 0.05) is 24.0 Å². The van der Waals surface area contributed by atoms with E-state index in [2.05, 4.69) is 84.2 Å². The lowest BCUT2D eigenvalue weighted by molar-refractivity contribution is 0.109. The van der Waals surface area contributed by atoms with Gasteiger partial charge in [0.15, 0.2) is 0 Å². The van der Waals surface area contributed by atoms with Gasteiger partial charge in [-0.25, -0.2) is 0 Å². The van der Waals surface area contributed by atoms with Gasteiger partial charge >= 0.3 is 0 Å². The fourth-order valence-corrected chi connectivity index (χ4v) is 6.63. The maximum absolute atomic E-state index is 5.97. The van der Waals surface area contributed by atoms with Gasteiger partial charge in [0.05, 0.1) is 11.2 Å². The first-order valence-corrected chi connectivity index (χ1v) is 12.9. The number of hydrogen-bond acceptors (Lipinski definition) is 3. The molecular formula is C25H34OS2. The van der Waals surface area contributed by atoms with Crippen LogP contribution in [-0.2, 0) is 17.6 Å². The first-order chi connectivity index (χ1) is 13.9. The van der Waals surface area contributed by atoms with Crippen molar-refractivity contribution in [3.8, 4) is 0 Å². The Labute approximate surface area is 180 Å². The molecule has 1 fully saturated rings. The molecule has 152 valence electrons. The van der Waals surface area contributed by atoms with Crippen molar-refractivity contribution >= 4 is 23.5 Å². The summed E-state index contributed by atoms with van der Waals surface area (Å²) in [6.45, 7) is 1.87. The molecule has 0 atom stereocenters. The molecule has 0 N–H and O–H groups in total. The molecule has 3 heteroatoms. The summed E-state index contributed by atoms with van der Waals surface area (Å²) >= 11 is 4.33. The summed E-state index contributed by atoms with van der Waals surface area (Å²) in [7, 11) is 0. The standard InChI is InChI=1S/C25H34OS2/c1-3-11-22(12-4-1)15-7-8-17-25-27-20-24(21-28-25)19-26-18-10-9-16-23-13-5-2-6-14-23/h1-6,11-14,24-25H,7-10,15-21H2. The number of benzene rings is 2. The summed E-state index contributed by atoms with van der Waals surface area (Å²) in [6.07, 6.45) is 8.82. The fourth-order valence-electron chi connectivity index (χ4n) is 3.56. The summed E-state index contributed by atoms with van der Waals surface area (Å²) in [4.78, 5) is 0. The molecule has 3 rings (SSSR count). The van der Waals surface area contributed by atoms with E-state index in [0.717, 1.165) is 23.7 Å². The van der Waals surface area contributed by atoms with Crippen LogP contribution in [0.5, 0.6) is 0 Å². The highest BCUT2D eigenvalue weighted by Gasteiger charge is 2.21. The molecule has 2 aromatic rings. The van der Waals surface area contributed by atoms with Gasteiger partial charge in [-0.05, 0) is 49.7 Å². The molecule has 28 heavy (non-hydrogen) atoms. The van der Waals surface area contributed by atoms with Gasteiger partial charge in [-0.1, -0.05) is 67.1 Å².